The summed E-state index contributed by atoms with van der Waals surface area (Å²) in [5.74, 6) is 0. The Hall–Kier alpha value is -0.670. The largest absolute Gasteiger partial charge is 0.365 e. The van der Waals surface area contributed by atoms with Crippen LogP contribution in [-0.2, 0) is 13.8 Å². The van der Waals surface area contributed by atoms with E-state index in [1.807, 2.05) is 6.08 Å². The molecule has 0 aromatic heterocycles. The maximum Gasteiger partial charge on any atom is 0.353 e. The Morgan fingerprint density at radius 1 is 1.00 bits per heavy atom. The molecular weight excluding hydrogens is 311 g/mol. The second-order valence-electron chi connectivity index (χ2n) is 6.01. The van der Waals surface area contributed by atoms with Crippen molar-refractivity contribution in [1.82, 2.24) is 0 Å². The molecule has 0 heterocycles. The van der Waals surface area contributed by atoms with Gasteiger partial charge in [-0.05, 0) is 60.3 Å². The van der Waals surface area contributed by atoms with Crippen molar-refractivity contribution in [1.29, 1.82) is 0 Å². The lowest BCUT2D eigenvalue weighted by molar-refractivity contribution is 0.168. The molecule has 1 unspecified atom stereocenters. The van der Waals surface area contributed by atoms with Gasteiger partial charge in [0, 0.05) is 0 Å². The molecule has 0 saturated heterocycles. The SMILES string of the molecule is CCOP(=O)(O)COC/C=C(\C)CC/C=C(\C)CCC=C(C)C. The van der Waals surface area contributed by atoms with E-state index in [-0.39, 0.29) is 13.0 Å². The second kappa shape index (κ2) is 12.7. The van der Waals surface area contributed by atoms with Crippen LogP contribution in [0.25, 0.3) is 0 Å². The number of hydrogen-bond donors (Lipinski definition) is 1. The molecule has 0 spiro atoms. The summed E-state index contributed by atoms with van der Waals surface area (Å²) in [5.41, 5.74) is 4.01. The molecule has 0 aromatic carbocycles. The number of allylic oxidation sites excluding steroid dienone is 5. The Morgan fingerprint density at radius 3 is 2.13 bits per heavy atom. The Balaban J connectivity index is 3.94. The van der Waals surface area contributed by atoms with Crippen molar-refractivity contribution >= 4 is 7.60 Å². The lowest BCUT2D eigenvalue weighted by Gasteiger charge is -2.10. The van der Waals surface area contributed by atoms with Crippen molar-refractivity contribution in [3.8, 4) is 0 Å². The highest BCUT2D eigenvalue weighted by Gasteiger charge is 2.17. The van der Waals surface area contributed by atoms with Crippen LogP contribution >= 0.6 is 7.60 Å². The molecule has 1 atom stereocenters. The molecule has 0 rings (SSSR count). The summed E-state index contributed by atoms with van der Waals surface area (Å²) in [6.07, 6.45) is 10.5. The molecule has 23 heavy (non-hydrogen) atoms. The van der Waals surface area contributed by atoms with Gasteiger partial charge >= 0.3 is 7.60 Å². The maximum absolute atomic E-state index is 11.4. The summed E-state index contributed by atoms with van der Waals surface area (Å²) in [6.45, 7) is 10.7. The zero-order valence-electron chi connectivity index (χ0n) is 15.3. The van der Waals surface area contributed by atoms with E-state index in [9.17, 15) is 9.46 Å². The van der Waals surface area contributed by atoms with Crippen LogP contribution in [0.2, 0.25) is 0 Å². The van der Waals surface area contributed by atoms with Crippen molar-refractivity contribution < 1.29 is 18.7 Å². The van der Waals surface area contributed by atoms with Crippen LogP contribution in [0.5, 0.6) is 0 Å². The highest BCUT2D eigenvalue weighted by Crippen LogP contribution is 2.41. The van der Waals surface area contributed by atoms with Crippen LogP contribution in [0.1, 0.15) is 60.3 Å². The second-order valence-corrected chi connectivity index (χ2v) is 7.81. The normalized spacial score (nSPS) is 15.4. The summed E-state index contributed by atoms with van der Waals surface area (Å²) < 4.78 is 21.3. The summed E-state index contributed by atoms with van der Waals surface area (Å²) >= 11 is 0. The van der Waals surface area contributed by atoms with Gasteiger partial charge in [0.05, 0.1) is 13.2 Å². The molecule has 0 aliphatic heterocycles. The Labute approximate surface area is 141 Å². The fourth-order valence-electron chi connectivity index (χ4n) is 1.95. The summed E-state index contributed by atoms with van der Waals surface area (Å²) in [7, 11) is -3.57. The van der Waals surface area contributed by atoms with Crippen LogP contribution in [0.15, 0.2) is 34.9 Å². The molecule has 4 nitrogen and oxygen atoms in total. The van der Waals surface area contributed by atoms with Gasteiger partial charge in [-0.25, -0.2) is 0 Å². The Morgan fingerprint density at radius 2 is 1.57 bits per heavy atom. The van der Waals surface area contributed by atoms with Crippen molar-refractivity contribution in [3.05, 3.63) is 34.9 Å². The highest BCUT2D eigenvalue weighted by molar-refractivity contribution is 7.52. The molecule has 5 heteroatoms. The van der Waals surface area contributed by atoms with E-state index in [2.05, 4.69) is 39.8 Å². The van der Waals surface area contributed by atoms with Gasteiger partial charge in [0.25, 0.3) is 0 Å². The van der Waals surface area contributed by atoms with E-state index in [1.54, 1.807) is 6.92 Å². The Kier molecular flexibility index (Phi) is 12.3. The van der Waals surface area contributed by atoms with Gasteiger partial charge in [-0.3, -0.25) is 4.57 Å². The van der Waals surface area contributed by atoms with Crippen molar-refractivity contribution in [2.75, 3.05) is 19.6 Å². The minimum atomic E-state index is -3.57. The summed E-state index contributed by atoms with van der Waals surface area (Å²) in [4.78, 5) is 9.36. The topological polar surface area (TPSA) is 55.8 Å². The van der Waals surface area contributed by atoms with Gasteiger partial charge in [-0.1, -0.05) is 34.9 Å². The molecule has 134 valence electrons. The fraction of sp³-hybridized carbons (Fsp3) is 0.667. The molecule has 0 radical (unpaired) electrons. The van der Waals surface area contributed by atoms with Crippen LogP contribution in [0, 0.1) is 0 Å². The predicted octanol–water partition coefficient (Wildman–Crippen LogP) is 5.60. The average molecular weight is 344 g/mol. The number of hydrogen-bond acceptors (Lipinski definition) is 3. The molecule has 0 saturated carbocycles. The average Bonchev–Trinajstić information content (AvgIpc) is 2.43. The molecular formula is C18H33O4P. The van der Waals surface area contributed by atoms with Gasteiger partial charge in [-0.2, -0.15) is 0 Å². The first-order chi connectivity index (χ1) is 10.8. The first-order valence-electron chi connectivity index (χ1n) is 8.25. The molecule has 0 amide bonds. The molecule has 0 aliphatic carbocycles. The minimum Gasteiger partial charge on any atom is -0.365 e. The number of rotatable bonds is 12. The third kappa shape index (κ3) is 14.6. The Bertz CT molecular complexity index is 460. The van der Waals surface area contributed by atoms with Crippen LogP contribution < -0.4 is 0 Å². The first kappa shape index (κ1) is 22.3. The van der Waals surface area contributed by atoms with E-state index in [4.69, 9.17) is 9.26 Å². The van der Waals surface area contributed by atoms with Gasteiger partial charge in [-0.15, -0.1) is 0 Å². The standard InChI is InChI=1S/C18H33O4P/c1-6-22-23(19,20)15-21-14-13-18(5)12-8-11-17(4)10-7-9-16(2)3/h9,11,13H,6-8,10,12,14-15H2,1-5H3,(H,19,20)/b17-11+,18-13+. The molecule has 0 aromatic rings. The van der Waals surface area contributed by atoms with Gasteiger partial charge in [0.15, 0.2) is 0 Å². The summed E-state index contributed by atoms with van der Waals surface area (Å²) in [6, 6.07) is 0. The first-order valence-corrected chi connectivity index (χ1v) is 10.0. The highest BCUT2D eigenvalue weighted by atomic mass is 31.2. The molecule has 0 bridgehead atoms. The predicted molar refractivity (Wildman–Crippen MR) is 97.7 cm³/mol. The van der Waals surface area contributed by atoms with E-state index in [1.165, 1.54) is 16.7 Å². The zero-order valence-corrected chi connectivity index (χ0v) is 16.2. The quantitative estimate of drug-likeness (QED) is 0.284. The fourth-order valence-corrected chi connectivity index (χ4v) is 2.76. The third-order valence-corrected chi connectivity index (χ3v) is 4.43. The monoisotopic (exact) mass is 344 g/mol. The zero-order chi connectivity index (χ0) is 17.7. The van der Waals surface area contributed by atoms with Crippen molar-refractivity contribution in [2.45, 2.75) is 60.3 Å². The summed E-state index contributed by atoms with van der Waals surface area (Å²) in [5, 5.41) is 0. The van der Waals surface area contributed by atoms with Crippen LogP contribution in [0.3, 0.4) is 0 Å². The minimum absolute atomic E-state index is 0.214. The van der Waals surface area contributed by atoms with Gasteiger partial charge < -0.3 is 14.2 Å². The lowest BCUT2D eigenvalue weighted by Crippen LogP contribution is -1.99. The molecule has 0 aliphatic rings. The molecule has 0 fully saturated rings. The van der Waals surface area contributed by atoms with E-state index < -0.39 is 7.60 Å². The van der Waals surface area contributed by atoms with Crippen LogP contribution in [0.4, 0.5) is 0 Å². The maximum atomic E-state index is 11.4. The molecule has 1 N–H and O–H groups in total. The van der Waals surface area contributed by atoms with Gasteiger partial charge in [0.1, 0.15) is 6.35 Å². The van der Waals surface area contributed by atoms with Crippen molar-refractivity contribution in [2.24, 2.45) is 0 Å². The smallest absolute Gasteiger partial charge is 0.353 e. The van der Waals surface area contributed by atoms with Crippen LogP contribution in [-0.4, -0.2) is 24.5 Å². The lowest BCUT2D eigenvalue weighted by atomic mass is 10.1. The van der Waals surface area contributed by atoms with E-state index >= 15 is 0 Å². The third-order valence-electron chi connectivity index (χ3n) is 3.26. The van der Waals surface area contributed by atoms with Gasteiger partial charge in [0.2, 0.25) is 0 Å². The van der Waals surface area contributed by atoms with E-state index in [0.717, 1.165) is 25.7 Å². The van der Waals surface area contributed by atoms with Crippen molar-refractivity contribution in [3.63, 3.8) is 0 Å². The van der Waals surface area contributed by atoms with E-state index in [0.29, 0.717) is 6.61 Å². The number of ether oxygens (including phenoxy) is 1.